The first-order chi connectivity index (χ1) is 20.5. The third-order valence-electron chi connectivity index (χ3n) is 8.89. The Bertz CT molecular complexity index is 1880. The smallest absolute Gasteiger partial charge is 0.354 e. The Morgan fingerprint density at radius 1 is 1.09 bits per heavy atom. The Hall–Kier alpha value is -4.53. The van der Waals surface area contributed by atoms with Gasteiger partial charge in [-0.2, -0.15) is 4.98 Å². The van der Waals surface area contributed by atoms with E-state index in [0.29, 0.717) is 43.3 Å². The lowest BCUT2D eigenvalue weighted by molar-refractivity contribution is -0.126. The quantitative estimate of drug-likeness (QED) is 0.303. The van der Waals surface area contributed by atoms with Crippen molar-refractivity contribution in [2.24, 2.45) is 0 Å². The predicted molar refractivity (Wildman–Crippen MR) is 169 cm³/mol. The van der Waals surface area contributed by atoms with Gasteiger partial charge in [-0.15, -0.1) is 0 Å². The van der Waals surface area contributed by atoms with Crippen molar-refractivity contribution in [1.82, 2.24) is 24.4 Å². The maximum absolute atomic E-state index is 14.3. The number of anilines is 1. The zero-order valence-corrected chi connectivity index (χ0v) is 26.0. The normalized spacial score (nSPS) is 16.2. The molecule has 1 fully saturated rings. The average molecular weight is 579 g/mol. The molecule has 2 aliphatic heterocycles. The number of benzene rings is 1. The minimum Gasteiger partial charge on any atom is -0.484 e. The van der Waals surface area contributed by atoms with E-state index >= 15 is 0 Å². The second-order valence-corrected chi connectivity index (χ2v) is 12.1. The Balaban J connectivity index is 1.71. The monoisotopic (exact) mass is 578 g/mol. The average Bonchev–Trinajstić information content (AvgIpc) is 2.98. The number of aromatic nitrogens is 4. The van der Waals surface area contributed by atoms with Crippen LogP contribution in [0.1, 0.15) is 60.3 Å². The summed E-state index contributed by atoms with van der Waals surface area (Å²) in [4.78, 5) is 44.9. The van der Waals surface area contributed by atoms with Crippen LogP contribution in [0.25, 0.3) is 27.7 Å². The first kappa shape index (κ1) is 28.6. The number of carbonyl (C=O) groups is 1. The maximum Gasteiger partial charge on any atom is 0.354 e. The Morgan fingerprint density at radius 2 is 1.86 bits per heavy atom. The van der Waals surface area contributed by atoms with Crippen molar-refractivity contribution < 1.29 is 9.53 Å². The molecule has 0 N–H and O–H groups in total. The molecule has 43 heavy (non-hydrogen) atoms. The fraction of sp³-hybridized carbons (Fsp3) is 0.382. The van der Waals surface area contributed by atoms with E-state index in [1.54, 1.807) is 15.7 Å². The van der Waals surface area contributed by atoms with E-state index in [9.17, 15) is 9.59 Å². The highest BCUT2D eigenvalue weighted by Crippen LogP contribution is 2.47. The van der Waals surface area contributed by atoms with Crippen LogP contribution in [-0.4, -0.2) is 56.0 Å². The summed E-state index contributed by atoms with van der Waals surface area (Å²) < 4.78 is 8.28. The van der Waals surface area contributed by atoms with Crippen molar-refractivity contribution >= 4 is 22.6 Å². The van der Waals surface area contributed by atoms with Crippen LogP contribution in [0.2, 0.25) is 0 Å². The molecule has 1 saturated heterocycles. The van der Waals surface area contributed by atoms with Gasteiger partial charge < -0.3 is 14.5 Å². The first-order valence-electron chi connectivity index (χ1n) is 14.9. The van der Waals surface area contributed by atoms with Crippen molar-refractivity contribution in [2.75, 3.05) is 24.5 Å². The number of ether oxygens (including phenoxy) is 1. The molecule has 222 valence electrons. The summed E-state index contributed by atoms with van der Waals surface area (Å²) in [6.45, 7) is 20.0. The largest absolute Gasteiger partial charge is 0.484 e. The number of hydrogen-bond acceptors (Lipinski definition) is 7. The van der Waals surface area contributed by atoms with Gasteiger partial charge in [0.1, 0.15) is 17.9 Å². The lowest BCUT2D eigenvalue weighted by Crippen LogP contribution is -2.54. The molecule has 0 bridgehead atoms. The predicted octanol–water partition coefficient (Wildman–Crippen LogP) is 5.32. The molecule has 0 unspecified atom stereocenters. The fourth-order valence-corrected chi connectivity index (χ4v) is 6.56. The van der Waals surface area contributed by atoms with E-state index in [1.165, 1.54) is 6.08 Å². The van der Waals surface area contributed by atoms with Gasteiger partial charge in [0.25, 0.3) is 0 Å². The van der Waals surface area contributed by atoms with Crippen molar-refractivity contribution in [1.29, 1.82) is 0 Å². The molecular weight excluding hydrogens is 540 g/mol. The zero-order chi connectivity index (χ0) is 30.7. The topological polar surface area (TPSA) is 93.5 Å². The third kappa shape index (κ3) is 4.49. The molecular formula is C34H38N6O3. The van der Waals surface area contributed by atoms with Gasteiger partial charge in [0.05, 0.1) is 17.1 Å². The molecule has 1 amide bonds. The minimum atomic E-state index is -0.392. The number of amides is 1. The lowest BCUT2D eigenvalue weighted by atomic mass is 9.89. The van der Waals surface area contributed by atoms with Crippen LogP contribution < -0.4 is 15.3 Å². The van der Waals surface area contributed by atoms with Gasteiger partial charge in [-0.1, -0.05) is 20.4 Å². The second-order valence-electron chi connectivity index (χ2n) is 12.1. The summed E-state index contributed by atoms with van der Waals surface area (Å²) in [6, 6.07) is 3.99. The van der Waals surface area contributed by atoms with Crippen molar-refractivity contribution in [3.05, 3.63) is 81.3 Å². The van der Waals surface area contributed by atoms with Gasteiger partial charge in [-0.3, -0.25) is 19.3 Å². The summed E-state index contributed by atoms with van der Waals surface area (Å²) >= 11 is 0. The number of carbonyl (C=O) groups excluding carboxylic acids is 1. The fourth-order valence-electron chi connectivity index (χ4n) is 6.56. The van der Waals surface area contributed by atoms with Gasteiger partial charge in [-0.25, -0.2) is 4.79 Å². The van der Waals surface area contributed by atoms with E-state index in [2.05, 4.69) is 59.1 Å². The second kappa shape index (κ2) is 10.6. The number of fused-ring (bicyclic) bond motifs is 5. The van der Waals surface area contributed by atoms with E-state index in [1.807, 2.05) is 19.2 Å². The molecule has 6 rings (SSSR count). The summed E-state index contributed by atoms with van der Waals surface area (Å²) in [5.74, 6) is 1.24. The molecule has 3 aromatic heterocycles. The zero-order valence-electron chi connectivity index (χ0n) is 26.0. The van der Waals surface area contributed by atoms with Gasteiger partial charge in [0.2, 0.25) is 5.91 Å². The highest BCUT2D eigenvalue weighted by molar-refractivity contribution is 6.02. The lowest BCUT2D eigenvalue weighted by Gasteiger charge is -2.40. The Labute approximate surface area is 251 Å². The van der Waals surface area contributed by atoms with E-state index < -0.39 is 5.69 Å². The van der Waals surface area contributed by atoms with E-state index in [-0.39, 0.29) is 17.9 Å². The molecule has 0 spiro atoms. The molecule has 1 atom stereocenters. The molecule has 9 nitrogen and oxygen atoms in total. The molecule has 9 heteroatoms. The van der Waals surface area contributed by atoms with E-state index in [4.69, 9.17) is 19.7 Å². The first-order valence-corrected chi connectivity index (χ1v) is 14.9. The van der Waals surface area contributed by atoms with Gasteiger partial charge in [0, 0.05) is 54.6 Å². The van der Waals surface area contributed by atoms with Crippen molar-refractivity contribution in [3.8, 4) is 22.6 Å². The van der Waals surface area contributed by atoms with Crippen LogP contribution in [0.15, 0.2) is 42.0 Å². The number of piperazine rings is 1. The molecule has 0 radical (unpaired) electrons. The molecule has 4 aromatic rings. The molecule has 2 aliphatic rings. The summed E-state index contributed by atoms with van der Waals surface area (Å²) in [5, 5.41) is 0.825. The van der Waals surface area contributed by atoms with Crippen LogP contribution in [0.5, 0.6) is 5.75 Å². The van der Waals surface area contributed by atoms with Crippen LogP contribution in [0.4, 0.5) is 5.82 Å². The third-order valence-corrected chi connectivity index (χ3v) is 8.89. The number of pyridine rings is 2. The number of rotatable bonds is 4. The van der Waals surface area contributed by atoms with Crippen LogP contribution >= 0.6 is 0 Å². The maximum atomic E-state index is 14.3. The standard InChI is InChI=1S/C34H38N6O3/c1-9-26(41)38-12-13-39(22(7)16-38)33-24-14-20(5)27-28-23(8)21(6)15-36-25(28)17-43-32(27)31(24)40(34(42)37-33)30-19(4)10-11-35-29(30)18(2)3/h9-11,14-15,18,22H,1,12-13,16-17H2,2-8H3/t22-/m0/s1. The van der Waals surface area contributed by atoms with Crippen LogP contribution in [0, 0.1) is 27.7 Å². The molecule has 5 heterocycles. The summed E-state index contributed by atoms with van der Waals surface area (Å²) in [7, 11) is 0. The summed E-state index contributed by atoms with van der Waals surface area (Å²) in [6.07, 6.45) is 5.03. The number of aryl methyl sites for hydroxylation is 3. The van der Waals surface area contributed by atoms with Gasteiger partial charge in [0.15, 0.2) is 5.75 Å². The molecule has 1 aromatic carbocycles. The van der Waals surface area contributed by atoms with Crippen LogP contribution in [0.3, 0.4) is 0 Å². The highest BCUT2D eigenvalue weighted by atomic mass is 16.5. The van der Waals surface area contributed by atoms with Crippen molar-refractivity contribution in [2.45, 2.75) is 67.0 Å². The van der Waals surface area contributed by atoms with E-state index in [0.717, 1.165) is 55.8 Å². The Morgan fingerprint density at radius 3 is 2.56 bits per heavy atom. The Kier molecular flexibility index (Phi) is 7.07. The highest BCUT2D eigenvalue weighted by Gasteiger charge is 2.33. The van der Waals surface area contributed by atoms with Gasteiger partial charge in [-0.05, 0) is 81.0 Å². The van der Waals surface area contributed by atoms with Gasteiger partial charge >= 0.3 is 5.69 Å². The molecule has 0 saturated carbocycles. The minimum absolute atomic E-state index is 0.0676. The number of hydrogen-bond donors (Lipinski definition) is 0. The van der Waals surface area contributed by atoms with Crippen molar-refractivity contribution in [3.63, 3.8) is 0 Å². The summed E-state index contributed by atoms with van der Waals surface area (Å²) in [5.41, 5.74) is 8.95. The number of nitrogens with zero attached hydrogens (tertiary/aromatic N) is 6. The molecule has 0 aliphatic carbocycles. The SMILES string of the molecule is C=CC(=O)N1CCN(c2nc(=O)n(-c3c(C)ccnc3C(C)C)c3c4c(c(C)cc23)-c2c(ncc(C)c2C)CO4)[C@@H](C)C1. The van der Waals surface area contributed by atoms with Crippen LogP contribution in [-0.2, 0) is 11.4 Å².